The quantitative estimate of drug-likeness (QED) is 0.908. The van der Waals surface area contributed by atoms with Gasteiger partial charge < -0.3 is 5.32 Å². The fraction of sp³-hybridized carbons (Fsp3) is 0.267. The van der Waals surface area contributed by atoms with E-state index >= 15 is 0 Å². The molecular weight excluding hydrogens is 236 g/mol. The van der Waals surface area contributed by atoms with Crippen molar-refractivity contribution < 1.29 is 0 Å². The molecule has 1 N–H and O–H groups in total. The fourth-order valence-electron chi connectivity index (χ4n) is 2.47. The largest absolute Gasteiger partial charge is 0.364 e. The highest BCUT2D eigenvalue weighted by Gasteiger charge is 2.11. The normalized spacial score (nSPS) is 12.8. The maximum absolute atomic E-state index is 8.95. The summed E-state index contributed by atoms with van der Waals surface area (Å²) < 4.78 is 0. The molecule has 1 aromatic heterocycles. The van der Waals surface area contributed by atoms with Crippen LogP contribution in [-0.4, -0.2) is 9.97 Å². The van der Waals surface area contributed by atoms with E-state index in [1.807, 2.05) is 6.07 Å². The summed E-state index contributed by atoms with van der Waals surface area (Å²) in [5.74, 6) is 0.547. The van der Waals surface area contributed by atoms with Crippen LogP contribution in [0.4, 0.5) is 5.82 Å². The van der Waals surface area contributed by atoms with Crippen molar-refractivity contribution in [2.45, 2.75) is 25.8 Å². The second-order valence-corrected chi connectivity index (χ2v) is 4.68. The molecule has 0 amide bonds. The number of benzene rings is 1. The first-order valence-corrected chi connectivity index (χ1v) is 6.42. The molecule has 0 spiro atoms. The van der Waals surface area contributed by atoms with Gasteiger partial charge in [0, 0.05) is 18.9 Å². The van der Waals surface area contributed by atoms with Crippen molar-refractivity contribution in [3.05, 3.63) is 53.0 Å². The molecule has 19 heavy (non-hydrogen) atoms. The third kappa shape index (κ3) is 2.41. The molecule has 0 fully saturated rings. The molecule has 3 rings (SSSR count). The molecule has 94 valence electrons. The standard InChI is InChI=1S/C15H14N4/c16-9-14-15(18-7-6-17-14)19-10-11-4-5-12-2-1-3-13(12)8-11/h4-8H,1-3,10H2,(H,18,19). The van der Waals surface area contributed by atoms with Gasteiger partial charge in [0.25, 0.3) is 0 Å². The third-order valence-corrected chi connectivity index (χ3v) is 3.43. The van der Waals surface area contributed by atoms with Gasteiger partial charge in [0.05, 0.1) is 0 Å². The molecule has 0 saturated carbocycles. The highest BCUT2D eigenvalue weighted by atomic mass is 15.0. The van der Waals surface area contributed by atoms with Crippen LogP contribution < -0.4 is 5.32 Å². The highest BCUT2D eigenvalue weighted by molar-refractivity contribution is 5.47. The van der Waals surface area contributed by atoms with Crippen molar-refractivity contribution in [1.29, 1.82) is 5.26 Å². The molecule has 0 aliphatic heterocycles. The molecule has 1 aromatic carbocycles. The third-order valence-electron chi connectivity index (χ3n) is 3.43. The van der Waals surface area contributed by atoms with Crippen LogP contribution >= 0.6 is 0 Å². The molecule has 0 atom stereocenters. The summed E-state index contributed by atoms with van der Waals surface area (Å²) in [5, 5.41) is 12.1. The van der Waals surface area contributed by atoms with Gasteiger partial charge in [-0.2, -0.15) is 5.26 Å². The van der Waals surface area contributed by atoms with Crippen molar-refractivity contribution >= 4 is 5.82 Å². The molecule has 0 bridgehead atoms. The first-order valence-electron chi connectivity index (χ1n) is 6.42. The van der Waals surface area contributed by atoms with E-state index in [0.29, 0.717) is 18.1 Å². The van der Waals surface area contributed by atoms with Crippen LogP contribution in [0.5, 0.6) is 0 Å². The predicted molar refractivity (Wildman–Crippen MR) is 72.5 cm³/mol. The molecule has 4 heteroatoms. The number of nitrogens with one attached hydrogen (secondary N) is 1. The van der Waals surface area contributed by atoms with E-state index in [2.05, 4.69) is 33.5 Å². The maximum atomic E-state index is 8.95. The van der Waals surface area contributed by atoms with Crippen LogP contribution in [0.25, 0.3) is 0 Å². The van der Waals surface area contributed by atoms with Crippen LogP contribution in [0.1, 0.15) is 28.8 Å². The first kappa shape index (κ1) is 11.7. The van der Waals surface area contributed by atoms with E-state index in [4.69, 9.17) is 5.26 Å². The zero-order valence-electron chi connectivity index (χ0n) is 10.6. The van der Waals surface area contributed by atoms with Gasteiger partial charge in [0.2, 0.25) is 0 Å². The number of hydrogen-bond donors (Lipinski definition) is 1. The lowest BCUT2D eigenvalue weighted by Crippen LogP contribution is -2.04. The van der Waals surface area contributed by atoms with Crippen LogP contribution in [0, 0.1) is 11.3 Å². The van der Waals surface area contributed by atoms with Crippen LogP contribution in [0.2, 0.25) is 0 Å². The fourth-order valence-corrected chi connectivity index (χ4v) is 2.47. The molecule has 4 nitrogen and oxygen atoms in total. The first-order chi connectivity index (χ1) is 9.36. The molecule has 0 saturated heterocycles. The summed E-state index contributed by atoms with van der Waals surface area (Å²) >= 11 is 0. The Bertz CT molecular complexity index is 643. The number of rotatable bonds is 3. The Morgan fingerprint density at radius 2 is 2.00 bits per heavy atom. The van der Waals surface area contributed by atoms with Crippen LogP contribution in [-0.2, 0) is 19.4 Å². The second-order valence-electron chi connectivity index (χ2n) is 4.68. The Morgan fingerprint density at radius 3 is 2.89 bits per heavy atom. The summed E-state index contributed by atoms with van der Waals surface area (Å²) in [6.45, 7) is 0.667. The zero-order chi connectivity index (χ0) is 13.1. The zero-order valence-corrected chi connectivity index (χ0v) is 10.6. The lowest BCUT2D eigenvalue weighted by atomic mass is 10.1. The highest BCUT2D eigenvalue weighted by Crippen LogP contribution is 2.23. The van der Waals surface area contributed by atoms with E-state index in [0.717, 1.165) is 0 Å². The van der Waals surface area contributed by atoms with Crippen LogP contribution in [0.15, 0.2) is 30.6 Å². The Morgan fingerprint density at radius 1 is 1.16 bits per heavy atom. The SMILES string of the molecule is N#Cc1nccnc1NCc1ccc2c(c1)CCC2. The minimum absolute atomic E-state index is 0.337. The summed E-state index contributed by atoms with van der Waals surface area (Å²) in [4.78, 5) is 8.12. The monoisotopic (exact) mass is 250 g/mol. The van der Waals surface area contributed by atoms with E-state index in [1.54, 1.807) is 6.20 Å². The van der Waals surface area contributed by atoms with Gasteiger partial charge in [0.15, 0.2) is 11.5 Å². The maximum Gasteiger partial charge on any atom is 0.182 e. The Labute approximate surface area is 112 Å². The summed E-state index contributed by atoms with van der Waals surface area (Å²) in [5.41, 5.74) is 4.48. The van der Waals surface area contributed by atoms with Crippen molar-refractivity contribution in [3.63, 3.8) is 0 Å². The van der Waals surface area contributed by atoms with E-state index in [1.165, 1.54) is 42.1 Å². The van der Waals surface area contributed by atoms with Gasteiger partial charge in [-0.1, -0.05) is 18.2 Å². The summed E-state index contributed by atoms with van der Waals surface area (Å²) in [6.07, 6.45) is 6.75. The molecule has 1 aliphatic rings. The second kappa shape index (κ2) is 5.07. The molecule has 1 aliphatic carbocycles. The summed E-state index contributed by atoms with van der Waals surface area (Å²) in [6, 6.07) is 8.63. The van der Waals surface area contributed by atoms with Crippen molar-refractivity contribution in [2.24, 2.45) is 0 Å². The van der Waals surface area contributed by atoms with Gasteiger partial charge in [-0.25, -0.2) is 9.97 Å². The lowest BCUT2D eigenvalue weighted by Gasteiger charge is -2.08. The smallest absolute Gasteiger partial charge is 0.182 e. The van der Waals surface area contributed by atoms with Gasteiger partial charge in [-0.05, 0) is 36.0 Å². The van der Waals surface area contributed by atoms with E-state index < -0.39 is 0 Å². The molecular formula is C15H14N4. The Hall–Kier alpha value is -2.41. The number of anilines is 1. The van der Waals surface area contributed by atoms with E-state index in [-0.39, 0.29) is 0 Å². The topological polar surface area (TPSA) is 61.6 Å². The lowest BCUT2D eigenvalue weighted by molar-refractivity contribution is 0.911. The number of hydrogen-bond acceptors (Lipinski definition) is 4. The number of aromatic nitrogens is 2. The molecule has 0 radical (unpaired) electrons. The molecule has 1 heterocycles. The minimum Gasteiger partial charge on any atom is -0.364 e. The van der Waals surface area contributed by atoms with Crippen LogP contribution in [0.3, 0.4) is 0 Å². The number of nitrogens with zero attached hydrogens (tertiary/aromatic N) is 3. The van der Waals surface area contributed by atoms with Gasteiger partial charge in [-0.15, -0.1) is 0 Å². The predicted octanol–water partition coefficient (Wildman–Crippen LogP) is 2.45. The average Bonchev–Trinajstić information content (AvgIpc) is 2.93. The average molecular weight is 250 g/mol. The van der Waals surface area contributed by atoms with Crippen molar-refractivity contribution in [2.75, 3.05) is 5.32 Å². The Kier molecular flexibility index (Phi) is 3.11. The van der Waals surface area contributed by atoms with Crippen molar-refractivity contribution in [3.8, 4) is 6.07 Å². The summed E-state index contributed by atoms with van der Waals surface area (Å²) in [7, 11) is 0. The Balaban J connectivity index is 1.74. The molecule has 0 unspecified atom stereocenters. The number of fused-ring (bicyclic) bond motifs is 1. The number of nitriles is 1. The van der Waals surface area contributed by atoms with E-state index in [9.17, 15) is 0 Å². The van der Waals surface area contributed by atoms with Gasteiger partial charge in [-0.3, -0.25) is 0 Å². The minimum atomic E-state index is 0.337. The van der Waals surface area contributed by atoms with Gasteiger partial charge >= 0.3 is 0 Å². The van der Waals surface area contributed by atoms with Crippen molar-refractivity contribution in [1.82, 2.24) is 9.97 Å². The molecule has 2 aromatic rings. The number of aryl methyl sites for hydroxylation is 2. The van der Waals surface area contributed by atoms with Gasteiger partial charge in [0.1, 0.15) is 6.07 Å².